The summed E-state index contributed by atoms with van der Waals surface area (Å²) in [6.07, 6.45) is -3.77. The minimum atomic E-state index is -5.83. The molecule has 1 atom stereocenters. The third-order valence-electron chi connectivity index (χ3n) is 3.72. The maximum atomic E-state index is 13.1. The van der Waals surface area contributed by atoms with Gasteiger partial charge in [-0.25, -0.2) is 0 Å². The van der Waals surface area contributed by atoms with Gasteiger partial charge in [0.15, 0.2) is 0 Å². The minimum absolute atomic E-state index is 0.0372. The molecule has 2 rings (SSSR count). The Kier molecular flexibility index (Phi) is 3.72. The highest BCUT2D eigenvalue weighted by atomic mass is 19.4. The molecule has 1 unspecified atom stereocenters. The highest BCUT2D eigenvalue weighted by Crippen LogP contribution is 2.37. The zero-order valence-corrected chi connectivity index (χ0v) is 10.2. The first-order chi connectivity index (χ1) is 8.73. The van der Waals surface area contributed by atoms with Crippen LogP contribution >= 0.6 is 0 Å². The Bertz CT molecular complexity index is 357. The van der Waals surface area contributed by atoms with Crippen molar-refractivity contribution < 1.29 is 26.7 Å². The molecule has 110 valence electrons. The van der Waals surface area contributed by atoms with Gasteiger partial charge in [-0.2, -0.15) is 22.0 Å². The molecule has 0 aromatic carbocycles. The first-order valence-corrected chi connectivity index (χ1v) is 6.21. The van der Waals surface area contributed by atoms with Crippen molar-refractivity contribution >= 4 is 5.91 Å². The molecule has 2 saturated heterocycles. The van der Waals surface area contributed by atoms with E-state index in [1.807, 2.05) is 0 Å². The maximum absolute atomic E-state index is 13.1. The van der Waals surface area contributed by atoms with E-state index in [9.17, 15) is 26.7 Å². The fourth-order valence-electron chi connectivity index (χ4n) is 2.71. The Morgan fingerprint density at radius 3 is 2.26 bits per heavy atom. The number of halogens is 5. The topological polar surface area (TPSA) is 23.6 Å². The Hall–Kier alpha value is -0.920. The third kappa shape index (κ3) is 2.68. The van der Waals surface area contributed by atoms with E-state index < -0.39 is 18.0 Å². The molecule has 2 heterocycles. The second-order valence-corrected chi connectivity index (χ2v) is 5.01. The van der Waals surface area contributed by atoms with Crippen molar-refractivity contribution in [1.82, 2.24) is 9.80 Å². The average Bonchev–Trinajstić information content (AvgIpc) is 2.64. The highest BCUT2D eigenvalue weighted by Gasteiger charge is 2.64. The van der Waals surface area contributed by atoms with Gasteiger partial charge in [-0.15, -0.1) is 0 Å². The second kappa shape index (κ2) is 4.88. The van der Waals surface area contributed by atoms with E-state index >= 15 is 0 Å². The average molecular weight is 286 g/mol. The van der Waals surface area contributed by atoms with Crippen LogP contribution in [0.25, 0.3) is 0 Å². The molecule has 3 nitrogen and oxygen atoms in total. The molecule has 0 spiro atoms. The van der Waals surface area contributed by atoms with Crippen molar-refractivity contribution in [2.45, 2.75) is 37.4 Å². The predicted octanol–water partition coefficient (Wildman–Crippen LogP) is 1.88. The third-order valence-corrected chi connectivity index (χ3v) is 3.72. The summed E-state index contributed by atoms with van der Waals surface area (Å²) >= 11 is 0. The van der Waals surface area contributed by atoms with Gasteiger partial charge in [0.25, 0.3) is 0 Å². The summed E-state index contributed by atoms with van der Waals surface area (Å²) in [6, 6.07) is -0.0875. The molecule has 19 heavy (non-hydrogen) atoms. The number of hydrogen-bond acceptors (Lipinski definition) is 2. The molecule has 0 N–H and O–H groups in total. The first kappa shape index (κ1) is 14.5. The van der Waals surface area contributed by atoms with Gasteiger partial charge >= 0.3 is 18.0 Å². The monoisotopic (exact) mass is 286 g/mol. The van der Waals surface area contributed by atoms with Crippen molar-refractivity contribution in [3.8, 4) is 0 Å². The smallest absolute Gasteiger partial charge is 0.336 e. The Labute approximate surface area is 107 Å². The van der Waals surface area contributed by atoms with Crippen LogP contribution in [0.1, 0.15) is 19.3 Å². The standard InChI is InChI=1S/C11H15F5N2O/c12-10(13,11(14,15)16)9(19)18-6-2-5-17-4-1-3-8(17)7-18/h8H,1-7H2. The highest BCUT2D eigenvalue weighted by molar-refractivity contribution is 5.84. The molecule has 0 radical (unpaired) electrons. The fourth-order valence-corrected chi connectivity index (χ4v) is 2.71. The molecule has 0 saturated carbocycles. The lowest BCUT2D eigenvalue weighted by Gasteiger charge is -2.29. The van der Waals surface area contributed by atoms with Gasteiger partial charge in [-0.05, 0) is 25.8 Å². The van der Waals surface area contributed by atoms with Gasteiger partial charge < -0.3 is 4.90 Å². The van der Waals surface area contributed by atoms with Crippen LogP contribution < -0.4 is 0 Å². The molecule has 2 aliphatic heterocycles. The van der Waals surface area contributed by atoms with Gasteiger partial charge in [-0.1, -0.05) is 0 Å². The Balaban J connectivity index is 2.10. The molecule has 2 fully saturated rings. The molecule has 2 aliphatic rings. The van der Waals surface area contributed by atoms with E-state index in [1.54, 1.807) is 0 Å². The Morgan fingerprint density at radius 1 is 1.00 bits per heavy atom. The molecular weight excluding hydrogens is 271 g/mol. The lowest BCUT2D eigenvalue weighted by molar-refractivity contribution is -0.274. The van der Waals surface area contributed by atoms with Gasteiger partial charge in [0, 0.05) is 25.7 Å². The summed E-state index contributed by atoms with van der Waals surface area (Å²) in [7, 11) is 0. The van der Waals surface area contributed by atoms with Crippen LogP contribution in [0.3, 0.4) is 0 Å². The molecule has 0 aromatic heterocycles. The molecule has 0 aromatic rings. The maximum Gasteiger partial charge on any atom is 0.463 e. The molecule has 0 bridgehead atoms. The normalized spacial score (nSPS) is 26.2. The lowest BCUT2D eigenvalue weighted by atomic mass is 10.2. The summed E-state index contributed by atoms with van der Waals surface area (Å²) in [6.45, 7) is 1.39. The van der Waals surface area contributed by atoms with Crippen LogP contribution in [0, 0.1) is 0 Å². The van der Waals surface area contributed by atoms with Crippen molar-refractivity contribution in [3.05, 3.63) is 0 Å². The van der Waals surface area contributed by atoms with Gasteiger partial charge in [0.2, 0.25) is 0 Å². The van der Waals surface area contributed by atoms with Crippen molar-refractivity contribution in [2.24, 2.45) is 0 Å². The summed E-state index contributed by atoms with van der Waals surface area (Å²) in [4.78, 5) is 14.2. The van der Waals surface area contributed by atoms with Crippen molar-refractivity contribution in [1.29, 1.82) is 0 Å². The molecular formula is C11H15F5N2O. The van der Waals surface area contributed by atoms with E-state index in [0.717, 1.165) is 19.4 Å². The number of alkyl halides is 5. The molecule has 0 aliphatic carbocycles. The van der Waals surface area contributed by atoms with E-state index in [-0.39, 0.29) is 19.1 Å². The van der Waals surface area contributed by atoms with Gasteiger partial charge in [0.1, 0.15) is 0 Å². The predicted molar refractivity (Wildman–Crippen MR) is 56.8 cm³/mol. The number of fused-ring (bicyclic) bond motifs is 1. The van der Waals surface area contributed by atoms with E-state index in [0.29, 0.717) is 17.9 Å². The van der Waals surface area contributed by atoms with Gasteiger partial charge in [-0.3, -0.25) is 9.69 Å². The second-order valence-electron chi connectivity index (χ2n) is 5.01. The van der Waals surface area contributed by atoms with E-state index in [4.69, 9.17) is 0 Å². The van der Waals surface area contributed by atoms with Crippen molar-refractivity contribution in [3.63, 3.8) is 0 Å². The van der Waals surface area contributed by atoms with Crippen LogP contribution in [-0.4, -0.2) is 60.0 Å². The largest absolute Gasteiger partial charge is 0.463 e. The van der Waals surface area contributed by atoms with Crippen LogP contribution in [0.15, 0.2) is 0 Å². The number of hydrogen-bond donors (Lipinski definition) is 0. The van der Waals surface area contributed by atoms with Crippen LogP contribution in [-0.2, 0) is 4.79 Å². The number of carbonyl (C=O) groups excluding carboxylic acids is 1. The van der Waals surface area contributed by atoms with Gasteiger partial charge in [0.05, 0.1) is 0 Å². The summed E-state index contributed by atoms with van der Waals surface area (Å²) in [5, 5.41) is 0. The Morgan fingerprint density at radius 2 is 1.63 bits per heavy atom. The van der Waals surface area contributed by atoms with Crippen LogP contribution in [0.5, 0.6) is 0 Å². The van der Waals surface area contributed by atoms with E-state index in [1.165, 1.54) is 0 Å². The lowest BCUT2D eigenvalue weighted by Crippen LogP contribution is -2.53. The quantitative estimate of drug-likeness (QED) is 0.687. The number of nitrogens with zero attached hydrogens (tertiary/aromatic N) is 2. The van der Waals surface area contributed by atoms with Crippen LogP contribution in [0.4, 0.5) is 22.0 Å². The minimum Gasteiger partial charge on any atom is -0.336 e. The number of amides is 1. The molecule has 8 heteroatoms. The van der Waals surface area contributed by atoms with E-state index in [2.05, 4.69) is 4.90 Å². The zero-order chi connectivity index (χ0) is 14.3. The zero-order valence-electron chi connectivity index (χ0n) is 10.2. The van der Waals surface area contributed by atoms with Crippen molar-refractivity contribution in [2.75, 3.05) is 26.2 Å². The summed E-state index contributed by atoms with van der Waals surface area (Å²) in [5.74, 6) is -7.41. The first-order valence-electron chi connectivity index (χ1n) is 6.21. The molecule has 1 amide bonds. The van der Waals surface area contributed by atoms with Crippen LogP contribution in [0.2, 0.25) is 0 Å². The summed E-state index contributed by atoms with van der Waals surface area (Å²) in [5.41, 5.74) is 0. The summed E-state index contributed by atoms with van der Waals surface area (Å²) < 4.78 is 62.7. The SMILES string of the molecule is O=C(N1CCCN2CCCC2C1)C(F)(F)C(F)(F)F. The fraction of sp³-hybridized carbons (Fsp3) is 0.909. The number of rotatable bonds is 1. The number of carbonyl (C=O) groups is 1.